The number of nitro groups is 1. The van der Waals surface area contributed by atoms with Gasteiger partial charge in [0.1, 0.15) is 5.69 Å². The standard InChI is InChI=1S/C13H18N4O3/c1-9-7-10(12(14)11(8-9)17(19)20)13(18)16-5-2-3-15-4-6-16/h7-8,15H,2-6,14H2,1H3. The van der Waals surface area contributed by atoms with Crippen LogP contribution in [0, 0.1) is 17.0 Å². The van der Waals surface area contributed by atoms with Crippen molar-refractivity contribution in [1.29, 1.82) is 0 Å². The molecule has 0 bridgehead atoms. The summed E-state index contributed by atoms with van der Waals surface area (Å²) < 4.78 is 0. The predicted molar refractivity (Wildman–Crippen MR) is 75.6 cm³/mol. The Bertz CT molecular complexity index is 537. The number of rotatable bonds is 2. The monoisotopic (exact) mass is 278 g/mol. The molecule has 1 aromatic carbocycles. The van der Waals surface area contributed by atoms with Crippen LogP contribution in [0.1, 0.15) is 22.3 Å². The first-order valence-electron chi connectivity index (χ1n) is 6.55. The number of nitrogen functional groups attached to an aromatic ring is 1. The lowest BCUT2D eigenvalue weighted by atomic mass is 10.1. The maximum absolute atomic E-state index is 12.5. The van der Waals surface area contributed by atoms with E-state index in [0.29, 0.717) is 18.7 Å². The lowest BCUT2D eigenvalue weighted by Gasteiger charge is -2.21. The number of benzene rings is 1. The third-order valence-electron chi connectivity index (χ3n) is 3.36. The molecular weight excluding hydrogens is 260 g/mol. The van der Waals surface area contributed by atoms with E-state index in [1.165, 1.54) is 6.07 Å². The molecule has 0 unspecified atom stereocenters. The molecule has 0 aromatic heterocycles. The maximum Gasteiger partial charge on any atom is 0.293 e. The number of nitrogens with two attached hydrogens (primary N) is 1. The summed E-state index contributed by atoms with van der Waals surface area (Å²) in [7, 11) is 0. The number of amides is 1. The van der Waals surface area contributed by atoms with Crippen molar-refractivity contribution in [3.63, 3.8) is 0 Å². The third kappa shape index (κ3) is 2.88. The van der Waals surface area contributed by atoms with Gasteiger partial charge in [-0.15, -0.1) is 0 Å². The number of nitrogens with zero attached hydrogens (tertiary/aromatic N) is 2. The number of anilines is 1. The summed E-state index contributed by atoms with van der Waals surface area (Å²) in [6.07, 6.45) is 0.861. The quantitative estimate of drug-likeness (QED) is 0.476. The molecule has 1 saturated heterocycles. The molecule has 1 fully saturated rings. The number of aryl methyl sites for hydroxylation is 1. The van der Waals surface area contributed by atoms with Gasteiger partial charge < -0.3 is 16.0 Å². The lowest BCUT2D eigenvalue weighted by Crippen LogP contribution is -2.34. The maximum atomic E-state index is 12.5. The zero-order valence-corrected chi connectivity index (χ0v) is 11.4. The normalized spacial score (nSPS) is 15.8. The third-order valence-corrected chi connectivity index (χ3v) is 3.36. The van der Waals surface area contributed by atoms with Crippen LogP contribution in [0.25, 0.3) is 0 Å². The van der Waals surface area contributed by atoms with E-state index in [1.807, 2.05) is 0 Å². The molecule has 0 aliphatic carbocycles. The van der Waals surface area contributed by atoms with Crippen molar-refractivity contribution in [2.75, 3.05) is 31.9 Å². The molecule has 0 saturated carbocycles. The largest absolute Gasteiger partial charge is 0.393 e. The molecule has 1 amide bonds. The molecule has 2 rings (SSSR count). The number of carbonyl (C=O) groups excluding carboxylic acids is 1. The van der Waals surface area contributed by atoms with Crippen molar-refractivity contribution in [1.82, 2.24) is 10.2 Å². The van der Waals surface area contributed by atoms with Gasteiger partial charge in [0, 0.05) is 25.7 Å². The number of carbonyl (C=O) groups is 1. The Morgan fingerprint density at radius 2 is 2.15 bits per heavy atom. The van der Waals surface area contributed by atoms with Gasteiger partial charge in [-0.2, -0.15) is 0 Å². The van der Waals surface area contributed by atoms with Crippen LogP contribution < -0.4 is 11.1 Å². The Morgan fingerprint density at radius 1 is 1.40 bits per heavy atom. The van der Waals surface area contributed by atoms with E-state index in [9.17, 15) is 14.9 Å². The second kappa shape index (κ2) is 5.87. The molecule has 0 atom stereocenters. The van der Waals surface area contributed by atoms with Crippen LogP contribution in [-0.4, -0.2) is 41.9 Å². The van der Waals surface area contributed by atoms with E-state index in [-0.39, 0.29) is 22.8 Å². The van der Waals surface area contributed by atoms with Crippen LogP contribution in [0.5, 0.6) is 0 Å². The Hall–Kier alpha value is -2.15. The van der Waals surface area contributed by atoms with Gasteiger partial charge in [0.05, 0.1) is 10.5 Å². The number of nitrogens with one attached hydrogen (secondary N) is 1. The first kappa shape index (κ1) is 14.3. The fraction of sp³-hybridized carbons (Fsp3) is 0.462. The highest BCUT2D eigenvalue weighted by atomic mass is 16.6. The molecule has 20 heavy (non-hydrogen) atoms. The fourth-order valence-corrected chi connectivity index (χ4v) is 2.33. The van der Waals surface area contributed by atoms with E-state index < -0.39 is 4.92 Å². The Balaban J connectivity index is 2.36. The summed E-state index contributed by atoms with van der Waals surface area (Å²) in [5.74, 6) is -0.238. The molecule has 3 N–H and O–H groups in total. The van der Waals surface area contributed by atoms with Gasteiger partial charge >= 0.3 is 0 Å². The minimum atomic E-state index is -0.552. The predicted octanol–water partition coefficient (Wildman–Crippen LogP) is 0.921. The molecule has 1 aliphatic rings. The van der Waals surface area contributed by atoms with Crippen molar-refractivity contribution in [3.8, 4) is 0 Å². The summed E-state index contributed by atoms with van der Waals surface area (Å²) >= 11 is 0. The van der Waals surface area contributed by atoms with Crippen LogP contribution in [0.2, 0.25) is 0 Å². The minimum absolute atomic E-state index is 0.0530. The molecule has 1 heterocycles. The van der Waals surface area contributed by atoms with Gasteiger partial charge in [0.25, 0.3) is 11.6 Å². The second-order valence-corrected chi connectivity index (χ2v) is 4.90. The molecule has 1 aliphatic heterocycles. The average Bonchev–Trinajstić information content (AvgIpc) is 2.68. The smallest absolute Gasteiger partial charge is 0.293 e. The summed E-state index contributed by atoms with van der Waals surface area (Å²) in [6, 6.07) is 3.00. The molecule has 7 nitrogen and oxygen atoms in total. The van der Waals surface area contributed by atoms with Crippen LogP contribution >= 0.6 is 0 Å². The van der Waals surface area contributed by atoms with Gasteiger partial charge in [-0.05, 0) is 31.5 Å². The molecule has 1 aromatic rings. The van der Waals surface area contributed by atoms with E-state index in [0.717, 1.165) is 19.5 Å². The highest BCUT2D eigenvalue weighted by Crippen LogP contribution is 2.28. The SMILES string of the molecule is Cc1cc(C(=O)N2CCCNCC2)c(N)c([N+](=O)[O-])c1. The van der Waals surface area contributed by atoms with Gasteiger partial charge in [-0.25, -0.2) is 0 Å². The van der Waals surface area contributed by atoms with Crippen LogP contribution in [0.4, 0.5) is 11.4 Å². The second-order valence-electron chi connectivity index (χ2n) is 4.90. The number of nitro benzene ring substituents is 1. The van der Waals surface area contributed by atoms with E-state index in [4.69, 9.17) is 5.73 Å². The van der Waals surface area contributed by atoms with Crippen LogP contribution in [0.3, 0.4) is 0 Å². The highest BCUT2D eigenvalue weighted by molar-refractivity contribution is 6.01. The molecular formula is C13H18N4O3. The van der Waals surface area contributed by atoms with Crippen LogP contribution in [0.15, 0.2) is 12.1 Å². The van der Waals surface area contributed by atoms with E-state index in [2.05, 4.69) is 5.32 Å². The minimum Gasteiger partial charge on any atom is -0.393 e. The average molecular weight is 278 g/mol. The van der Waals surface area contributed by atoms with Crippen molar-refractivity contribution in [2.45, 2.75) is 13.3 Å². The first-order valence-corrected chi connectivity index (χ1v) is 6.55. The zero-order valence-electron chi connectivity index (χ0n) is 11.4. The van der Waals surface area contributed by atoms with Gasteiger partial charge in [-0.1, -0.05) is 0 Å². The Labute approximate surface area is 116 Å². The highest BCUT2D eigenvalue weighted by Gasteiger charge is 2.24. The number of hydrogen-bond donors (Lipinski definition) is 2. The summed E-state index contributed by atoms with van der Waals surface area (Å²) in [6.45, 7) is 4.52. The van der Waals surface area contributed by atoms with Crippen molar-refractivity contribution in [3.05, 3.63) is 33.4 Å². The van der Waals surface area contributed by atoms with E-state index in [1.54, 1.807) is 17.9 Å². The number of hydrogen-bond acceptors (Lipinski definition) is 5. The summed E-state index contributed by atoms with van der Waals surface area (Å²) in [4.78, 5) is 24.6. The lowest BCUT2D eigenvalue weighted by molar-refractivity contribution is -0.384. The van der Waals surface area contributed by atoms with Crippen LogP contribution in [-0.2, 0) is 0 Å². The van der Waals surface area contributed by atoms with Gasteiger partial charge in [-0.3, -0.25) is 14.9 Å². The van der Waals surface area contributed by atoms with Crippen molar-refractivity contribution < 1.29 is 9.72 Å². The van der Waals surface area contributed by atoms with Gasteiger partial charge in [0.15, 0.2) is 0 Å². The summed E-state index contributed by atoms with van der Waals surface area (Å²) in [5.41, 5.74) is 6.41. The molecule has 108 valence electrons. The topological polar surface area (TPSA) is 102 Å². The van der Waals surface area contributed by atoms with Crippen molar-refractivity contribution in [2.24, 2.45) is 0 Å². The summed E-state index contributed by atoms with van der Waals surface area (Å²) in [5, 5.41) is 14.2. The molecule has 7 heteroatoms. The zero-order chi connectivity index (χ0) is 14.7. The fourth-order valence-electron chi connectivity index (χ4n) is 2.33. The van der Waals surface area contributed by atoms with E-state index >= 15 is 0 Å². The van der Waals surface area contributed by atoms with Crippen molar-refractivity contribution >= 4 is 17.3 Å². The first-order chi connectivity index (χ1) is 9.50. The van der Waals surface area contributed by atoms with Gasteiger partial charge in [0.2, 0.25) is 0 Å². The Morgan fingerprint density at radius 3 is 2.85 bits per heavy atom. The molecule has 0 spiro atoms. The molecule has 0 radical (unpaired) electrons. The Kier molecular flexibility index (Phi) is 4.19.